The molecule has 0 spiro atoms. The molecule has 0 aliphatic heterocycles. The van der Waals surface area contributed by atoms with E-state index in [1.54, 1.807) is 0 Å². The van der Waals surface area contributed by atoms with Crippen LogP contribution in [0.5, 0.6) is 0 Å². The minimum Gasteiger partial charge on any atom is -0.0776 e. The summed E-state index contributed by atoms with van der Waals surface area (Å²) in [7, 11) is 0. The van der Waals surface area contributed by atoms with Gasteiger partial charge in [0.1, 0.15) is 0 Å². The Hall–Kier alpha value is 0. The van der Waals surface area contributed by atoms with Gasteiger partial charge < -0.3 is 0 Å². The minimum absolute atomic E-state index is 0. The van der Waals surface area contributed by atoms with Gasteiger partial charge >= 0.3 is 0 Å². The van der Waals surface area contributed by atoms with Crippen LogP contribution in [0.25, 0.3) is 0 Å². The summed E-state index contributed by atoms with van der Waals surface area (Å²) in [5.41, 5.74) is 0. The average molecular weight is 271 g/mol. The van der Waals surface area contributed by atoms with Gasteiger partial charge in [0.05, 0.1) is 0 Å². The number of hydrogen-bond donors (Lipinski definition) is 0. The molecule has 0 atom stereocenters. The Labute approximate surface area is 125 Å². The zero-order valence-electron chi connectivity index (χ0n) is 7.66. The van der Waals surface area contributed by atoms with Crippen molar-refractivity contribution in [3.63, 3.8) is 0 Å². The summed E-state index contributed by atoms with van der Waals surface area (Å²) in [6, 6.07) is 0. The van der Waals surface area contributed by atoms with Gasteiger partial charge in [-0.1, -0.05) is 125 Å². The van der Waals surface area contributed by atoms with Crippen molar-refractivity contribution in [2.24, 2.45) is 0 Å². The second kappa shape index (κ2) is 68.0. The molecular formula is C18H54. The molecule has 0 aromatic heterocycles. The van der Waals surface area contributed by atoms with Crippen molar-refractivity contribution in [1.82, 2.24) is 0 Å². The lowest BCUT2D eigenvalue weighted by Crippen LogP contribution is -1.77. The molecule has 0 aromatic rings. The van der Waals surface area contributed by atoms with E-state index < -0.39 is 0 Å². The molecule has 0 saturated heterocycles. The molecule has 0 aliphatic rings. The third-order valence-corrected chi connectivity index (χ3v) is 1.96. The molecule has 0 fully saturated rings. The monoisotopic (exact) mass is 270 g/mol. The van der Waals surface area contributed by atoms with Gasteiger partial charge in [0, 0.05) is 0 Å². The van der Waals surface area contributed by atoms with Crippen LogP contribution in [0.2, 0.25) is 0 Å². The van der Waals surface area contributed by atoms with Crippen molar-refractivity contribution in [1.29, 1.82) is 0 Å². The largest absolute Gasteiger partial charge is 0.0776 e. The third-order valence-electron chi connectivity index (χ3n) is 1.96. The van der Waals surface area contributed by atoms with Gasteiger partial charge in [0.25, 0.3) is 0 Å². The van der Waals surface area contributed by atoms with E-state index in [2.05, 4.69) is 13.8 Å². The Morgan fingerprint density at radius 2 is 0.500 bits per heavy atom. The minimum atomic E-state index is 0. The maximum absolute atomic E-state index is 2.27. The van der Waals surface area contributed by atoms with E-state index in [-0.39, 0.29) is 59.4 Å². The van der Waals surface area contributed by atoms with Crippen LogP contribution in [0.4, 0.5) is 0 Å². The molecule has 0 aliphatic carbocycles. The van der Waals surface area contributed by atoms with Gasteiger partial charge in [-0.2, -0.15) is 0 Å². The Morgan fingerprint density at radius 3 is 0.667 bits per heavy atom. The van der Waals surface area contributed by atoms with Crippen LogP contribution in [0.1, 0.15) is 125 Å². The first kappa shape index (κ1) is 64.2. The topological polar surface area (TPSA) is 0 Å². The average Bonchev–Trinajstić information content (AvgIpc) is 1.97. The molecule has 0 saturated carbocycles. The van der Waals surface area contributed by atoms with Crippen molar-refractivity contribution < 1.29 is 0 Å². The summed E-state index contributed by atoms with van der Waals surface area (Å²) in [4.78, 5) is 0. The third kappa shape index (κ3) is 73.5. The van der Waals surface area contributed by atoms with E-state index in [4.69, 9.17) is 0 Å². The van der Waals surface area contributed by atoms with Crippen molar-refractivity contribution in [3.8, 4) is 0 Å². The molecule has 0 heteroatoms. The van der Waals surface area contributed by atoms with Crippen molar-refractivity contribution >= 4 is 0 Å². The van der Waals surface area contributed by atoms with Gasteiger partial charge in [-0.05, 0) is 0 Å². The summed E-state index contributed by atoms with van der Waals surface area (Å²) < 4.78 is 0. The van der Waals surface area contributed by atoms with E-state index in [1.807, 2.05) is 0 Å². The summed E-state index contributed by atoms with van der Waals surface area (Å²) >= 11 is 0. The highest BCUT2D eigenvalue weighted by molar-refractivity contribution is 4.43. The van der Waals surface area contributed by atoms with E-state index in [0.717, 1.165) is 0 Å². The lowest BCUT2D eigenvalue weighted by Gasteiger charge is -1.97. The van der Waals surface area contributed by atoms with Gasteiger partial charge in [-0.3, -0.25) is 0 Å². The molecule has 0 aromatic carbocycles. The van der Waals surface area contributed by atoms with E-state index in [9.17, 15) is 0 Å². The molecular weight excluding hydrogens is 216 g/mol. The second-order valence-electron chi connectivity index (χ2n) is 3.12. The van der Waals surface area contributed by atoms with E-state index in [0.29, 0.717) is 0 Å². The number of rotatable bonds is 7. The fourth-order valence-electron chi connectivity index (χ4n) is 1.21. The fourth-order valence-corrected chi connectivity index (χ4v) is 1.21. The van der Waals surface area contributed by atoms with Crippen molar-refractivity contribution in [2.75, 3.05) is 0 Å². The van der Waals surface area contributed by atoms with Gasteiger partial charge in [-0.25, -0.2) is 0 Å². The Morgan fingerprint density at radius 1 is 0.333 bits per heavy atom. The van der Waals surface area contributed by atoms with Crippen LogP contribution < -0.4 is 0 Å². The lowest BCUT2D eigenvalue weighted by atomic mass is 10.1. The summed E-state index contributed by atoms with van der Waals surface area (Å²) in [5, 5.41) is 0. The first-order chi connectivity index (χ1) is 4.91. The maximum Gasteiger partial charge on any atom is -0.0533 e. The van der Waals surface area contributed by atoms with E-state index >= 15 is 0 Å². The van der Waals surface area contributed by atoms with Crippen LogP contribution in [-0.4, -0.2) is 0 Å². The van der Waals surface area contributed by atoms with Crippen LogP contribution >= 0.6 is 0 Å². The molecule has 0 heterocycles. The zero-order chi connectivity index (χ0) is 7.66. The lowest BCUT2D eigenvalue weighted by molar-refractivity contribution is 0.585. The molecule has 0 nitrogen and oxygen atoms in total. The number of unbranched alkanes of at least 4 members (excludes halogenated alkanes) is 7. The molecule has 0 bridgehead atoms. The summed E-state index contributed by atoms with van der Waals surface area (Å²) in [6.45, 7) is 4.54. The highest BCUT2D eigenvalue weighted by Gasteiger charge is 1.87. The van der Waals surface area contributed by atoms with Crippen LogP contribution in [0.15, 0.2) is 0 Å². The quantitative estimate of drug-likeness (QED) is 0.404. The smallest absolute Gasteiger partial charge is 0.0533 e. The Bertz CT molecular complexity index is 40.0. The molecule has 126 valence electrons. The molecule has 0 N–H and O–H groups in total. The maximum atomic E-state index is 2.27. The van der Waals surface area contributed by atoms with Crippen LogP contribution in [0.3, 0.4) is 0 Å². The molecule has 0 unspecified atom stereocenters. The highest BCUT2D eigenvalue weighted by atomic mass is 13.9. The SMILES string of the molecule is C.C.C.C.C.C.C.C.CCCCCCCCCC. The van der Waals surface area contributed by atoms with Crippen molar-refractivity contribution in [3.05, 3.63) is 0 Å². The molecule has 0 radical (unpaired) electrons. The van der Waals surface area contributed by atoms with Crippen molar-refractivity contribution in [2.45, 2.75) is 125 Å². The first-order valence-electron chi connectivity index (χ1n) is 4.91. The zero-order valence-corrected chi connectivity index (χ0v) is 7.66. The normalized spacial score (nSPS) is 5.67. The number of hydrogen-bond acceptors (Lipinski definition) is 0. The molecule has 18 heavy (non-hydrogen) atoms. The summed E-state index contributed by atoms with van der Waals surface area (Å²) in [6.07, 6.45) is 11.5. The predicted octanol–water partition coefficient (Wildman–Crippen LogP) is 9.24. The van der Waals surface area contributed by atoms with Crippen LogP contribution in [0, 0.1) is 0 Å². The van der Waals surface area contributed by atoms with Gasteiger partial charge in [0.15, 0.2) is 0 Å². The van der Waals surface area contributed by atoms with Gasteiger partial charge in [-0.15, -0.1) is 0 Å². The Kier molecular flexibility index (Phi) is 243. The second-order valence-corrected chi connectivity index (χ2v) is 3.12. The first-order valence-corrected chi connectivity index (χ1v) is 4.91. The fraction of sp³-hybridized carbons (Fsp3) is 1.00. The van der Waals surface area contributed by atoms with Gasteiger partial charge in [0.2, 0.25) is 0 Å². The van der Waals surface area contributed by atoms with Crippen LogP contribution in [-0.2, 0) is 0 Å². The highest BCUT2D eigenvalue weighted by Crippen LogP contribution is 2.07. The summed E-state index contributed by atoms with van der Waals surface area (Å²) in [5.74, 6) is 0. The predicted molar refractivity (Wildman–Crippen MR) is 102 cm³/mol. The molecule has 0 amide bonds. The standard InChI is InChI=1S/C10H22.8CH4/c1-3-5-7-9-10-8-6-4-2;;;;;;;;/h3-10H2,1-2H3;8*1H4. The Balaban J connectivity index is -0.0000000145. The van der Waals surface area contributed by atoms with E-state index in [1.165, 1.54) is 51.4 Å². The molecule has 0 rings (SSSR count).